The SMILES string of the molecule is COC(=O)CN(C)C(=O)CC1CCNCC1. The Morgan fingerprint density at radius 1 is 1.38 bits per heavy atom. The predicted molar refractivity (Wildman–Crippen MR) is 59.9 cm³/mol. The number of ether oxygens (including phenoxy) is 1. The van der Waals surface area contributed by atoms with Gasteiger partial charge >= 0.3 is 5.97 Å². The average molecular weight is 228 g/mol. The Morgan fingerprint density at radius 2 is 2.00 bits per heavy atom. The Hall–Kier alpha value is -1.10. The fraction of sp³-hybridized carbons (Fsp3) is 0.818. The number of hydrogen-bond acceptors (Lipinski definition) is 4. The largest absolute Gasteiger partial charge is 0.468 e. The van der Waals surface area contributed by atoms with Crippen molar-refractivity contribution >= 4 is 11.9 Å². The Balaban J connectivity index is 2.29. The number of piperidine rings is 1. The number of rotatable bonds is 4. The predicted octanol–water partition coefficient (Wildman–Crippen LogP) is 0.00750. The van der Waals surface area contributed by atoms with Gasteiger partial charge in [-0.25, -0.2) is 0 Å². The molecule has 0 aromatic heterocycles. The van der Waals surface area contributed by atoms with E-state index in [1.165, 1.54) is 12.0 Å². The van der Waals surface area contributed by atoms with Crippen LogP contribution in [0.1, 0.15) is 19.3 Å². The van der Waals surface area contributed by atoms with Crippen LogP contribution in [0.2, 0.25) is 0 Å². The van der Waals surface area contributed by atoms with Gasteiger partial charge in [0.15, 0.2) is 0 Å². The first-order valence-corrected chi connectivity index (χ1v) is 5.65. The number of nitrogens with one attached hydrogen (secondary N) is 1. The van der Waals surface area contributed by atoms with Crippen LogP contribution in [0, 0.1) is 5.92 Å². The van der Waals surface area contributed by atoms with E-state index in [1.54, 1.807) is 7.05 Å². The minimum atomic E-state index is -0.374. The lowest BCUT2D eigenvalue weighted by atomic mass is 9.94. The van der Waals surface area contributed by atoms with E-state index in [0.717, 1.165) is 25.9 Å². The number of methoxy groups -OCH3 is 1. The van der Waals surface area contributed by atoms with Crippen LogP contribution in [0.15, 0.2) is 0 Å². The summed E-state index contributed by atoms with van der Waals surface area (Å²) in [6.45, 7) is 2.01. The molecular weight excluding hydrogens is 208 g/mol. The molecule has 0 aliphatic carbocycles. The van der Waals surface area contributed by atoms with E-state index in [9.17, 15) is 9.59 Å². The third-order valence-corrected chi connectivity index (χ3v) is 2.94. The zero-order chi connectivity index (χ0) is 12.0. The highest BCUT2D eigenvalue weighted by atomic mass is 16.5. The molecule has 1 rings (SSSR count). The normalized spacial score (nSPS) is 16.9. The van der Waals surface area contributed by atoms with Crippen molar-refractivity contribution in [3.63, 3.8) is 0 Å². The van der Waals surface area contributed by atoms with Crippen LogP contribution in [0.5, 0.6) is 0 Å². The van der Waals surface area contributed by atoms with Crippen LogP contribution in [-0.2, 0) is 14.3 Å². The van der Waals surface area contributed by atoms with Gasteiger partial charge in [-0.2, -0.15) is 0 Å². The van der Waals surface area contributed by atoms with Crippen molar-refractivity contribution in [2.24, 2.45) is 5.92 Å². The smallest absolute Gasteiger partial charge is 0.325 e. The van der Waals surface area contributed by atoms with Crippen molar-refractivity contribution in [1.82, 2.24) is 10.2 Å². The molecule has 0 spiro atoms. The first-order valence-electron chi connectivity index (χ1n) is 5.65. The van der Waals surface area contributed by atoms with E-state index in [-0.39, 0.29) is 18.4 Å². The third-order valence-electron chi connectivity index (χ3n) is 2.94. The van der Waals surface area contributed by atoms with Crippen molar-refractivity contribution in [3.8, 4) is 0 Å². The van der Waals surface area contributed by atoms with Crippen LogP contribution in [0.4, 0.5) is 0 Å². The van der Waals surface area contributed by atoms with E-state index in [0.29, 0.717) is 12.3 Å². The van der Waals surface area contributed by atoms with E-state index in [1.807, 2.05) is 0 Å². The summed E-state index contributed by atoms with van der Waals surface area (Å²) >= 11 is 0. The molecule has 0 radical (unpaired) electrons. The molecule has 1 amide bonds. The number of amides is 1. The van der Waals surface area contributed by atoms with Crippen molar-refractivity contribution < 1.29 is 14.3 Å². The maximum Gasteiger partial charge on any atom is 0.325 e. The second-order valence-corrected chi connectivity index (χ2v) is 4.22. The first-order chi connectivity index (χ1) is 7.63. The highest BCUT2D eigenvalue weighted by Gasteiger charge is 2.20. The lowest BCUT2D eigenvalue weighted by Gasteiger charge is -2.24. The van der Waals surface area contributed by atoms with Crippen LogP contribution in [0.25, 0.3) is 0 Å². The van der Waals surface area contributed by atoms with Crippen molar-refractivity contribution in [2.45, 2.75) is 19.3 Å². The minimum Gasteiger partial charge on any atom is -0.468 e. The van der Waals surface area contributed by atoms with Crippen LogP contribution in [-0.4, -0.2) is 50.6 Å². The van der Waals surface area contributed by atoms with Crippen molar-refractivity contribution in [2.75, 3.05) is 33.8 Å². The maximum absolute atomic E-state index is 11.8. The van der Waals surface area contributed by atoms with Crippen LogP contribution in [0.3, 0.4) is 0 Å². The number of carbonyl (C=O) groups excluding carboxylic acids is 2. The van der Waals surface area contributed by atoms with E-state index in [2.05, 4.69) is 10.1 Å². The molecule has 0 aromatic carbocycles. The molecule has 0 saturated carbocycles. The zero-order valence-electron chi connectivity index (χ0n) is 9.99. The topological polar surface area (TPSA) is 58.6 Å². The molecule has 0 bridgehead atoms. The monoisotopic (exact) mass is 228 g/mol. The fourth-order valence-electron chi connectivity index (χ4n) is 1.83. The standard InChI is InChI=1S/C11H20N2O3/c1-13(8-11(15)16-2)10(14)7-9-3-5-12-6-4-9/h9,12H,3-8H2,1-2H3. The summed E-state index contributed by atoms with van der Waals surface area (Å²) in [4.78, 5) is 24.2. The van der Waals surface area contributed by atoms with Gasteiger partial charge in [0.2, 0.25) is 5.91 Å². The molecule has 1 fully saturated rings. The summed E-state index contributed by atoms with van der Waals surface area (Å²) in [7, 11) is 2.97. The number of hydrogen-bond donors (Lipinski definition) is 1. The van der Waals surface area contributed by atoms with Gasteiger partial charge in [-0.15, -0.1) is 0 Å². The van der Waals surface area contributed by atoms with Gasteiger partial charge in [0, 0.05) is 13.5 Å². The van der Waals surface area contributed by atoms with Gasteiger partial charge in [-0.1, -0.05) is 0 Å². The lowest BCUT2D eigenvalue weighted by Crippen LogP contribution is -2.36. The molecule has 16 heavy (non-hydrogen) atoms. The summed E-state index contributed by atoms with van der Waals surface area (Å²) in [5, 5.41) is 3.26. The maximum atomic E-state index is 11.8. The minimum absolute atomic E-state index is 0.0253. The van der Waals surface area contributed by atoms with Gasteiger partial charge in [0.25, 0.3) is 0 Å². The molecule has 5 nitrogen and oxygen atoms in total. The molecule has 5 heteroatoms. The Kier molecular flexibility index (Phi) is 5.25. The Morgan fingerprint density at radius 3 is 2.56 bits per heavy atom. The zero-order valence-corrected chi connectivity index (χ0v) is 9.99. The van der Waals surface area contributed by atoms with E-state index >= 15 is 0 Å². The molecule has 1 saturated heterocycles. The summed E-state index contributed by atoms with van der Waals surface area (Å²) in [6.07, 6.45) is 2.62. The van der Waals surface area contributed by atoms with Gasteiger partial charge < -0.3 is 15.0 Å². The molecule has 92 valence electrons. The number of carbonyl (C=O) groups is 2. The summed E-state index contributed by atoms with van der Waals surface area (Å²) in [6, 6.07) is 0. The quantitative estimate of drug-likeness (QED) is 0.688. The van der Waals surface area contributed by atoms with E-state index in [4.69, 9.17) is 0 Å². The van der Waals surface area contributed by atoms with Crippen LogP contribution >= 0.6 is 0 Å². The number of likely N-dealkylation sites (N-methyl/N-ethyl adjacent to an activating group) is 1. The van der Waals surface area contributed by atoms with Crippen molar-refractivity contribution in [1.29, 1.82) is 0 Å². The van der Waals surface area contributed by atoms with Gasteiger partial charge in [-0.3, -0.25) is 9.59 Å². The second kappa shape index (κ2) is 6.48. The van der Waals surface area contributed by atoms with Crippen LogP contribution < -0.4 is 5.32 Å². The van der Waals surface area contributed by atoms with E-state index < -0.39 is 0 Å². The second-order valence-electron chi connectivity index (χ2n) is 4.22. The molecule has 1 heterocycles. The summed E-state index contributed by atoms with van der Waals surface area (Å²) in [5.74, 6) is 0.104. The molecule has 0 atom stereocenters. The first kappa shape index (κ1) is 13.0. The molecule has 0 unspecified atom stereocenters. The molecule has 1 aliphatic heterocycles. The molecule has 1 aliphatic rings. The molecular formula is C11H20N2O3. The summed E-state index contributed by atoms with van der Waals surface area (Å²) < 4.78 is 4.52. The Labute approximate surface area is 96.1 Å². The van der Waals surface area contributed by atoms with Gasteiger partial charge in [-0.05, 0) is 31.8 Å². The number of nitrogens with zero attached hydrogens (tertiary/aromatic N) is 1. The number of esters is 1. The van der Waals surface area contributed by atoms with Gasteiger partial charge in [0.05, 0.1) is 7.11 Å². The summed E-state index contributed by atoms with van der Waals surface area (Å²) in [5.41, 5.74) is 0. The average Bonchev–Trinajstić information content (AvgIpc) is 2.30. The molecule has 1 N–H and O–H groups in total. The fourth-order valence-corrected chi connectivity index (χ4v) is 1.83. The third kappa shape index (κ3) is 4.18. The highest BCUT2D eigenvalue weighted by molar-refractivity contribution is 5.81. The molecule has 0 aromatic rings. The van der Waals surface area contributed by atoms with Crippen molar-refractivity contribution in [3.05, 3.63) is 0 Å². The lowest BCUT2D eigenvalue weighted by molar-refractivity contribution is -0.146. The highest BCUT2D eigenvalue weighted by Crippen LogP contribution is 2.16. The Bertz CT molecular complexity index is 250. The van der Waals surface area contributed by atoms with Gasteiger partial charge in [0.1, 0.15) is 6.54 Å².